The van der Waals surface area contributed by atoms with E-state index in [-0.39, 0.29) is 28.0 Å². The third-order valence-electron chi connectivity index (χ3n) is 12.3. The topological polar surface area (TPSA) is 37.4 Å². The number of Topliss-reactive ketones (excluding diaryl/α,β-unsaturated/α-hetero) is 2. The minimum atomic E-state index is -0.213. The van der Waals surface area contributed by atoms with Gasteiger partial charge in [0.1, 0.15) is 0 Å². The number of allylic oxidation sites excluding steroid dienone is 5. The molecule has 0 aromatic heterocycles. The lowest BCUT2D eigenvalue weighted by Crippen LogP contribution is -2.18. The molecule has 3 nitrogen and oxygen atoms in total. The Hall–Kier alpha value is -6.06. The van der Waals surface area contributed by atoms with Gasteiger partial charge in [0.2, 0.25) is 0 Å². The number of fused-ring (bicyclic) bond motifs is 7. The van der Waals surface area contributed by atoms with Gasteiger partial charge >= 0.3 is 0 Å². The van der Waals surface area contributed by atoms with Gasteiger partial charge in [-0.3, -0.25) is 9.59 Å². The monoisotopic (exact) mass is 685 g/mol. The normalized spacial score (nSPS) is 17.1. The van der Waals surface area contributed by atoms with Gasteiger partial charge in [0.05, 0.1) is 5.57 Å². The van der Waals surface area contributed by atoms with Crippen molar-refractivity contribution in [1.82, 2.24) is 0 Å². The fourth-order valence-corrected chi connectivity index (χ4v) is 9.43. The molecule has 0 aliphatic heterocycles. The third-order valence-corrected chi connectivity index (χ3v) is 12.3. The summed E-state index contributed by atoms with van der Waals surface area (Å²) in [7, 11) is 0. The van der Waals surface area contributed by atoms with Crippen LogP contribution in [0.25, 0.3) is 33.5 Å². The molecule has 0 fully saturated rings. The highest BCUT2D eigenvalue weighted by atomic mass is 16.2. The Balaban J connectivity index is 1.07. The average molecular weight is 686 g/mol. The van der Waals surface area contributed by atoms with E-state index in [0.717, 1.165) is 46.2 Å². The van der Waals surface area contributed by atoms with E-state index >= 15 is 0 Å². The van der Waals surface area contributed by atoms with E-state index in [1.165, 1.54) is 44.5 Å². The summed E-state index contributed by atoms with van der Waals surface area (Å²) < 4.78 is 0. The maximum Gasteiger partial charge on any atom is 0.197 e. The summed E-state index contributed by atoms with van der Waals surface area (Å²) >= 11 is 0. The van der Waals surface area contributed by atoms with Crippen LogP contribution in [0.4, 0.5) is 17.1 Å². The van der Waals surface area contributed by atoms with Crippen LogP contribution >= 0.6 is 0 Å². The first kappa shape index (κ1) is 31.7. The Bertz CT molecular complexity index is 2640. The Morgan fingerprint density at radius 3 is 1.79 bits per heavy atom. The molecule has 256 valence electrons. The van der Waals surface area contributed by atoms with Crippen LogP contribution in [-0.2, 0) is 10.8 Å². The molecule has 0 unspecified atom stereocenters. The highest BCUT2D eigenvalue weighted by Gasteiger charge is 2.39. The summed E-state index contributed by atoms with van der Waals surface area (Å²) in [6, 6.07) is 42.4. The fourth-order valence-electron chi connectivity index (χ4n) is 9.43. The molecular weight excluding hydrogens is 647 g/mol. The summed E-state index contributed by atoms with van der Waals surface area (Å²) in [6.45, 7) is 9.34. The fraction of sp³-hybridized carbons (Fsp3) is 0.160. The van der Waals surface area contributed by atoms with E-state index in [2.05, 4.69) is 118 Å². The predicted molar refractivity (Wildman–Crippen MR) is 218 cm³/mol. The smallest absolute Gasteiger partial charge is 0.197 e. The molecule has 3 heteroatoms. The standard InChI is InChI=1S/C50H39NO2/c1-49(2)43-15-9-7-13-36(43)38-23-21-34(28-45(38)49)51(35-22-24-39-37-14-8-10-16-44(37)50(3,4)46(39)29-35)33-19-17-30(18-20-33)25-42-47(52)40-26-31-11-5-6-12-32(31)27-41(40)48(42)53/h5-7,9-13,15-29H,8,14H2,1-4H3. The number of carbonyl (C=O) groups excluding carboxylic acids is 2. The van der Waals surface area contributed by atoms with Crippen molar-refractivity contribution in [3.05, 3.63) is 184 Å². The van der Waals surface area contributed by atoms with Crippen molar-refractivity contribution >= 4 is 51.1 Å². The van der Waals surface area contributed by atoms with Crippen molar-refractivity contribution < 1.29 is 9.59 Å². The predicted octanol–water partition coefficient (Wildman–Crippen LogP) is 12.5. The van der Waals surface area contributed by atoms with Crippen LogP contribution in [0, 0.1) is 0 Å². The quantitative estimate of drug-likeness (QED) is 0.137. The zero-order valence-corrected chi connectivity index (χ0v) is 30.5. The Morgan fingerprint density at radius 1 is 0.547 bits per heavy atom. The molecule has 0 spiro atoms. The number of carbonyl (C=O) groups is 2. The van der Waals surface area contributed by atoms with Crippen molar-refractivity contribution in [2.24, 2.45) is 0 Å². The highest BCUT2D eigenvalue weighted by Crippen LogP contribution is 2.53. The lowest BCUT2D eigenvalue weighted by molar-refractivity contribution is 0.0990. The van der Waals surface area contributed by atoms with Gasteiger partial charge in [0.25, 0.3) is 0 Å². The molecule has 53 heavy (non-hydrogen) atoms. The number of hydrogen-bond acceptors (Lipinski definition) is 3. The van der Waals surface area contributed by atoms with Gasteiger partial charge in [-0.15, -0.1) is 0 Å². The molecular formula is C50H39NO2. The second-order valence-electron chi connectivity index (χ2n) is 16.0. The molecule has 0 bridgehead atoms. The number of nitrogens with zero attached hydrogens (tertiary/aromatic N) is 1. The molecule has 0 saturated carbocycles. The van der Waals surface area contributed by atoms with E-state index in [1.54, 1.807) is 6.08 Å². The number of rotatable bonds is 4. The molecule has 0 saturated heterocycles. The summed E-state index contributed by atoms with van der Waals surface area (Å²) in [6.07, 6.45) is 8.56. The largest absolute Gasteiger partial charge is 0.310 e. The van der Waals surface area contributed by atoms with Crippen LogP contribution in [0.5, 0.6) is 0 Å². The second-order valence-corrected chi connectivity index (χ2v) is 16.0. The minimum absolute atomic E-state index is 0.0926. The van der Waals surface area contributed by atoms with Crippen molar-refractivity contribution in [3.8, 4) is 11.1 Å². The van der Waals surface area contributed by atoms with Crippen LogP contribution < -0.4 is 4.90 Å². The lowest BCUT2D eigenvalue weighted by Gasteiger charge is -2.30. The molecule has 0 atom stereocenters. The van der Waals surface area contributed by atoms with E-state index in [0.29, 0.717) is 11.1 Å². The maximum absolute atomic E-state index is 13.6. The number of ketones is 2. The Kier molecular flexibility index (Phi) is 6.70. The third kappa shape index (κ3) is 4.59. The zero-order valence-electron chi connectivity index (χ0n) is 30.5. The molecule has 0 radical (unpaired) electrons. The second kappa shape index (κ2) is 11.2. The maximum atomic E-state index is 13.6. The number of hydrogen-bond donors (Lipinski definition) is 0. The first-order valence-corrected chi connectivity index (χ1v) is 18.6. The van der Waals surface area contributed by atoms with Gasteiger partial charge in [0, 0.05) is 39.0 Å². The van der Waals surface area contributed by atoms with Crippen molar-refractivity contribution in [2.75, 3.05) is 4.90 Å². The SMILES string of the molecule is CC1(C)C2=C(CCC=C2)c2ccc(N(c3ccc(C=C4C(=O)c5cc6ccccc6cc5C4=O)cc3)c3ccc4c(c3)C(C)(C)c3ccccc3-4)cc21. The average Bonchev–Trinajstić information content (AvgIpc) is 3.65. The van der Waals surface area contributed by atoms with Crippen molar-refractivity contribution in [3.63, 3.8) is 0 Å². The van der Waals surface area contributed by atoms with Gasteiger partial charge in [-0.05, 0) is 128 Å². The first-order valence-electron chi connectivity index (χ1n) is 18.6. The molecule has 4 aliphatic rings. The van der Waals surface area contributed by atoms with Crippen LogP contribution in [-0.4, -0.2) is 11.6 Å². The van der Waals surface area contributed by atoms with Crippen LogP contribution in [0.1, 0.15) is 89.1 Å². The molecule has 0 heterocycles. The van der Waals surface area contributed by atoms with E-state index < -0.39 is 0 Å². The van der Waals surface area contributed by atoms with E-state index in [4.69, 9.17) is 0 Å². The van der Waals surface area contributed by atoms with E-state index in [1.807, 2.05) is 48.5 Å². The molecule has 4 aliphatic carbocycles. The Labute approximate surface area is 310 Å². The minimum Gasteiger partial charge on any atom is -0.310 e. The molecule has 6 aromatic carbocycles. The van der Waals surface area contributed by atoms with Crippen LogP contribution in [0.15, 0.2) is 145 Å². The van der Waals surface area contributed by atoms with Crippen LogP contribution in [0.3, 0.4) is 0 Å². The zero-order chi connectivity index (χ0) is 36.2. The van der Waals surface area contributed by atoms with E-state index in [9.17, 15) is 9.59 Å². The highest BCUT2D eigenvalue weighted by molar-refractivity contribution is 6.42. The van der Waals surface area contributed by atoms with Crippen LogP contribution in [0.2, 0.25) is 0 Å². The van der Waals surface area contributed by atoms with Gasteiger partial charge in [-0.2, -0.15) is 0 Å². The molecule has 10 rings (SSSR count). The lowest BCUT2D eigenvalue weighted by atomic mass is 9.80. The molecule has 0 amide bonds. The molecule has 0 N–H and O–H groups in total. The van der Waals surface area contributed by atoms with Gasteiger partial charge in [-0.25, -0.2) is 0 Å². The molecule has 6 aromatic rings. The summed E-state index contributed by atoms with van der Waals surface area (Å²) in [4.78, 5) is 29.5. The number of anilines is 3. The summed E-state index contributed by atoms with van der Waals surface area (Å²) in [5.74, 6) is -0.426. The first-order chi connectivity index (χ1) is 25.6. The van der Waals surface area contributed by atoms with Gasteiger partial charge < -0.3 is 4.90 Å². The summed E-state index contributed by atoms with van der Waals surface area (Å²) in [5.41, 5.74) is 15.9. The van der Waals surface area contributed by atoms with Crippen molar-refractivity contribution in [2.45, 2.75) is 51.4 Å². The number of benzene rings is 6. The van der Waals surface area contributed by atoms with Crippen molar-refractivity contribution in [1.29, 1.82) is 0 Å². The van der Waals surface area contributed by atoms with Gasteiger partial charge in [-0.1, -0.05) is 113 Å². The summed E-state index contributed by atoms with van der Waals surface area (Å²) in [5, 5.41) is 1.92. The Morgan fingerprint density at radius 2 is 1.11 bits per heavy atom. The van der Waals surface area contributed by atoms with Gasteiger partial charge in [0.15, 0.2) is 11.6 Å².